The molecule has 0 amide bonds. The molecule has 0 bridgehead atoms. The van der Waals surface area contributed by atoms with Crippen LogP contribution in [0.4, 0.5) is 0 Å². The molecule has 1 aromatic rings. The average molecular weight is 265 g/mol. The highest BCUT2D eigenvalue weighted by molar-refractivity contribution is 5.28. The maximum Gasteiger partial charge on any atom is 0.119 e. The van der Waals surface area contributed by atoms with Crippen molar-refractivity contribution in [2.75, 3.05) is 26.9 Å². The molecule has 3 heteroatoms. The van der Waals surface area contributed by atoms with E-state index in [-0.39, 0.29) is 0 Å². The zero-order valence-electron chi connectivity index (χ0n) is 12.6. The highest BCUT2D eigenvalue weighted by Gasteiger charge is 2.04. The second-order valence-electron chi connectivity index (χ2n) is 5.30. The van der Waals surface area contributed by atoms with Gasteiger partial charge in [-0.2, -0.15) is 0 Å². The summed E-state index contributed by atoms with van der Waals surface area (Å²) in [6.45, 7) is 9.03. The van der Waals surface area contributed by atoms with Crippen LogP contribution in [0.25, 0.3) is 0 Å². The van der Waals surface area contributed by atoms with Crippen molar-refractivity contribution in [3.63, 3.8) is 0 Å². The lowest BCUT2D eigenvalue weighted by atomic mass is 10.1. The fraction of sp³-hybridized carbons (Fsp3) is 0.625. The van der Waals surface area contributed by atoms with Gasteiger partial charge in [0.05, 0.1) is 6.61 Å². The zero-order valence-corrected chi connectivity index (χ0v) is 12.6. The summed E-state index contributed by atoms with van der Waals surface area (Å²) in [6, 6.07) is 8.71. The van der Waals surface area contributed by atoms with Crippen LogP contribution >= 0.6 is 0 Å². The van der Waals surface area contributed by atoms with Gasteiger partial charge in [0.2, 0.25) is 0 Å². The van der Waals surface area contributed by atoms with Crippen LogP contribution in [0.3, 0.4) is 0 Å². The van der Waals surface area contributed by atoms with Crippen molar-refractivity contribution in [1.82, 2.24) is 5.32 Å². The number of methoxy groups -OCH3 is 1. The van der Waals surface area contributed by atoms with Gasteiger partial charge in [-0.1, -0.05) is 26.0 Å². The van der Waals surface area contributed by atoms with Gasteiger partial charge in [0.1, 0.15) is 5.75 Å². The fourth-order valence-electron chi connectivity index (χ4n) is 1.77. The predicted octanol–water partition coefficient (Wildman–Crippen LogP) is 3.41. The van der Waals surface area contributed by atoms with Gasteiger partial charge in [-0.15, -0.1) is 0 Å². The van der Waals surface area contributed by atoms with E-state index < -0.39 is 0 Å². The van der Waals surface area contributed by atoms with Gasteiger partial charge in [0.25, 0.3) is 0 Å². The third-order valence-electron chi connectivity index (χ3n) is 2.94. The molecule has 0 unspecified atom stereocenters. The minimum Gasteiger partial charge on any atom is -0.493 e. The Morgan fingerprint density at radius 2 is 1.79 bits per heavy atom. The Bertz CT molecular complexity index is 335. The first-order valence-electron chi connectivity index (χ1n) is 7.08. The summed E-state index contributed by atoms with van der Waals surface area (Å²) in [5.74, 6) is 1.50. The molecular formula is C16H27NO2. The molecule has 0 aromatic heterocycles. The maximum absolute atomic E-state index is 5.68. The van der Waals surface area contributed by atoms with E-state index >= 15 is 0 Å². The predicted molar refractivity (Wildman–Crippen MR) is 79.7 cm³/mol. The molecule has 0 aliphatic rings. The van der Waals surface area contributed by atoms with Gasteiger partial charge < -0.3 is 14.8 Å². The highest BCUT2D eigenvalue weighted by Crippen LogP contribution is 2.18. The van der Waals surface area contributed by atoms with Crippen LogP contribution in [0.15, 0.2) is 24.3 Å². The Morgan fingerprint density at radius 1 is 1.11 bits per heavy atom. The second-order valence-corrected chi connectivity index (χ2v) is 5.30. The maximum atomic E-state index is 5.68. The first-order chi connectivity index (χ1) is 9.13. The molecule has 0 aliphatic carbocycles. The van der Waals surface area contributed by atoms with Gasteiger partial charge in [-0.05, 0) is 43.5 Å². The Labute approximate surface area is 117 Å². The molecule has 0 spiro atoms. The van der Waals surface area contributed by atoms with E-state index in [9.17, 15) is 0 Å². The van der Waals surface area contributed by atoms with Crippen molar-refractivity contribution in [1.29, 1.82) is 0 Å². The molecule has 108 valence electrons. The quantitative estimate of drug-likeness (QED) is 0.694. The Balaban J connectivity index is 2.37. The van der Waals surface area contributed by atoms with E-state index in [0.29, 0.717) is 12.0 Å². The molecule has 1 rings (SSSR count). The van der Waals surface area contributed by atoms with Crippen molar-refractivity contribution < 1.29 is 9.47 Å². The van der Waals surface area contributed by atoms with Crippen LogP contribution in [-0.2, 0) is 4.74 Å². The smallest absolute Gasteiger partial charge is 0.119 e. The van der Waals surface area contributed by atoms with Crippen LogP contribution in [0.2, 0.25) is 0 Å². The first kappa shape index (κ1) is 16.0. The van der Waals surface area contributed by atoms with Crippen LogP contribution in [0.1, 0.15) is 38.8 Å². The van der Waals surface area contributed by atoms with Crippen LogP contribution < -0.4 is 10.1 Å². The minimum absolute atomic E-state index is 0.357. The van der Waals surface area contributed by atoms with E-state index in [4.69, 9.17) is 9.47 Å². The molecule has 1 aromatic carbocycles. The molecule has 0 radical (unpaired) electrons. The lowest BCUT2D eigenvalue weighted by Crippen LogP contribution is -2.20. The molecular weight excluding hydrogens is 238 g/mol. The molecule has 1 N–H and O–H groups in total. The van der Waals surface area contributed by atoms with Gasteiger partial charge in [0.15, 0.2) is 0 Å². The zero-order chi connectivity index (χ0) is 14.1. The van der Waals surface area contributed by atoms with Gasteiger partial charge in [0, 0.05) is 19.8 Å². The van der Waals surface area contributed by atoms with Crippen LogP contribution in [-0.4, -0.2) is 26.9 Å². The molecule has 0 aliphatic heterocycles. The third-order valence-corrected chi connectivity index (χ3v) is 2.94. The molecule has 0 saturated carbocycles. The normalized spacial score (nSPS) is 12.7. The summed E-state index contributed by atoms with van der Waals surface area (Å²) < 4.78 is 10.7. The van der Waals surface area contributed by atoms with E-state index in [2.05, 4.69) is 38.2 Å². The highest BCUT2D eigenvalue weighted by atomic mass is 16.5. The fourth-order valence-corrected chi connectivity index (χ4v) is 1.77. The molecule has 0 fully saturated rings. The second kappa shape index (κ2) is 8.94. The van der Waals surface area contributed by atoms with Crippen molar-refractivity contribution in [2.24, 2.45) is 5.92 Å². The van der Waals surface area contributed by atoms with Gasteiger partial charge in [-0.3, -0.25) is 0 Å². The monoisotopic (exact) mass is 265 g/mol. The molecule has 19 heavy (non-hydrogen) atoms. The lowest BCUT2D eigenvalue weighted by molar-refractivity contribution is 0.193. The van der Waals surface area contributed by atoms with Crippen molar-refractivity contribution in [3.05, 3.63) is 29.8 Å². The van der Waals surface area contributed by atoms with Crippen LogP contribution in [0, 0.1) is 5.92 Å². The van der Waals surface area contributed by atoms with Crippen molar-refractivity contribution in [3.8, 4) is 5.75 Å². The van der Waals surface area contributed by atoms with Crippen LogP contribution in [0.5, 0.6) is 5.75 Å². The summed E-state index contributed by atoms with van der Waals surface area (Å²) in [6.07, 6.45) is 1.04. The lowest BCUT2D eigenvalue weighted by Gasteiger charge is -2.15. The number of ether oxygens (including phenoxy) is 2. The number of hydrogen-bond donors (Lipinski definition) is 1. The Hall–Kier alpha value is -1.06. The standard InChI is InChI=1S/C16H27NO2/c1-13(2)12-19-16-8-6-15(7-9-16)14(3)17-10-5-11-18-4/h6-9,13-14,17H,5,10-12H2,1-4H3/t14-/m1/s1. The van der Waals surface area contributed by atoms with Crippen molar-refractivity contribution in [2.45, 2.75) is 33.2 Å². The first-order valence-corrected chi connectivity index (χ1v) is 7.08. The Morgan fingerprint density at radius 3 is 2.37 bits per heavy atom. The molecule has 3 nitrogen and oxygen atoms in total. The minimum atomic E-state index is 0.357. The number of benzene rings is 1. The number of rotatable bonds is 9. The van der Waals surface area contributed by atoms with Crippen molar-refractivity contribution >= 4 is 0 Å². The largest absolute Gasteiger partial charge is 0.493 e. The van der Waals surface area contributed by atoms with Gasteiger partial charge >= 0.3 is 0 Å². The van der Waals surface area contributed by atoms with E-state index in [1.54, 1.807) is 7.11 Å². The summed E-state index contributed by atoms with van der Waals surface area (Å²) in [5.41, 5.74) is 1.29. The molecule has 0 heterocycles. The Kier molecular flexibility index (Phi) is 7.53. The topological polar surface area (TPSA) is 30.5 Å². The average Bonchev–Trinajstić information content (AvgIpc) is 2.41. The summed E-state index contributed by atoms with van der Waals surface area (Å²) in [7, 11) is 1.74. The molecule has 1 atom stereocenters. The summed E-state index contributed by atoms with van der Waals surface area (Å²) in [5, 5.41) is 3.48. The molecule has 0 saturated heterocycles. The number of hydrogen-bond acceptors (Lipinski definition) is 3. The summed E-state index contributed by atoms with van der Waals surface area (Å²) >= 11 is 0. The summed E-state index contributed by atoms with van der Waals surface area (Å²) in [4.78, 5) is 0. The van der Waals surface area contributed by atoms with E-state index in [1.807, 2.05) is 12.1 Å². The van der Waals surface area contributed by atoms with E-state index in [0.717, 1.165) is 31.9 Å². The third kappa shape index (κ3) is 6.60. The van der Waals surface area contributed by atoms with E-state index in [1.165, 1.54) is 5.56 Å². The number of nitrogens with one attached hydrogen (secondary N) is 1. The SMILES string of the molecule is COCCCN[C@H](C)c1ccc(OCC(C)C)cc1. The van der Waals surface area contributed by atoms with Gasteiger partial charge in [-0.25, -0.2) is 0 Å².